The second-order valence-corrected chi connectivity index (χ2v) is 9.13. The lowest BCUT2D eigenvalue weighted by Crippen LogP contribution is -2.33. The van der Waals surface area contributed by atoms with Gasteiger partial charge in [0, 0.05) is 19.2 Å². The van der Waals surface area contributed by atoms with Crippen molar-refractivity contribution in [1.82, 2.24) is 9.88 Å². The van der Waals surface area contributed by atoms with Crippen LogP contribution < -0.4 is 14.8 Å². The molecule has 2 aromatic heterocycles. The number of amides is 1. The molecule has 1 N–H and O–H groups in total. The standard InChI is InChI=1S/C27H28N2O5S/c1-17-5-8-19(9-6-17)25(34-27(31)21-16-24-20(29(21)2)12-14-35-24)26(30)28-13-11-18-7-10-22(32-3)23(15-18)33-4/h5-10,12,14-16,25H,11,13H2,1-4H3,(H,28,30)/t25-/m1/s1. The summed E-state index contributed by atoms with van der Waals surface area (Å²) in [5, 5.41) is 4.88. The number of esters is 1. The number of aryl methyl sites for hydroxylation is 2. The molecule has 0 saturated heterocycles. The number of ether oxygens (including phenoxy) is 3. The monoisotopic (exact) mass is 492 g/mol. The molecular formula is C27H28N2O5S. The van der Waals surface area contributed by atoms with Crippen LogP contribution in [0, 0.1) is 6.92 Å². The van der Waals surface area contributed by atoms with Gasteiger partial charge in [-0.25, -0.2) is 4.79 Å². The molecule has 35 heavy (non-hydrogen) atoms. The van der Waals surface area contributed by atoms with E-state index in [1.54, 1.807) is 36.2 Å². The minimum absolute atomic E-state index is 0.369. The number of thiophene rings is 1. The SMILES string of the molecule is COc1ccc(CCNC(=O)[C@H](OC(=O)c2cc3sccc3n2C)c2ccc(C)cc2)cc1OC. The van der Waals surface area contributed by atoms with Crippen molar-refractivity contribution in [3.8, 4) is 11.5 Å². The van der Waals surface area contributed by atoms with Crippen LogP contribution in [0.5, 0.6) is 11.5 Å². The molecule has 1 atom stereocenters. The van der Waals surface area contributed by atoms with Gasteiger partial charge in [0.2, 0.25) is 6.10 Å². The molecule has 2 aromatic carbocycles. The van der Waals surface area contributed by atoms with Crippen molar-refractivity contribution >= 4 is 33.4 Å². The smallest absolute Gasteiger partial charge is 0.356 e. The van der Waals surface area contributed by atoms with Gasteiger partial charge in [0.05, 0.1) is 24.4 Å². The van der Waals surface area contributed by atoms with Gasteiger partial charge in [0.15, 0.2) is 11.5 Å². The van der Waals surface area contributed by atoms with E-state index in [1.807, 2.05) is 67.9 Å². The summed E-state index contributed by atoms with van der Waals surface area (Å²) in [6.07, 6.45) is -0.490. The van der Waals surface area contributed by atoms with Crippen molar-refractivity contribution in [3.63, 3.8) is 0 Å². The molecule has 4 aromatic rings. The van der Waals surface area contributed by atoms with Crippen LogP contribution in [0.4, 0.5) is 0 Å². The van der Waals surface area contributed by atoms with Crippen LogP contribution >= 0.6 is 11.3 Å². The fourth-order valence-electron chi connectivity index (χ4n) is 3.89. The molecule has 8 heteroatoms. The number of benzene rings is 2. The Morgan fingerprint density at radius 3 is 2.43 bits per heavy atom. The number of rotatable bonds is 9. The zero-order valence-corrected chi connectivity index (χ0v) is 21.0. The Morgan fingerprint density at radius 1 is 1.00 bits per heavy atom. The number of nitrogens with one attached hydrogen (secondary N) is 1. The van der Waals surface area contributed by atoms with Crippen LogP contribution in [0.1, 0.15) is 33.3 Å². The molecule has 0 aliphatic rings. The Labute approximate surface area is 208 Å². The van der Waals surface area contributed by atoms with Crippen LogP contribution in [0.3, 0.4) is 0 Å². The van der Waals surface area contributed by atoms with Gasteiger partial charge in [-0.3, -0.25) is 4.79 Å². The lowest BCUT2D eigenvalue weighted by Gasteiger charge is -2.19. The molecule has 182 valence electrons. The average Bonchev–Trinajstić information content (AvgIpc) is 3.45. The lowest BCUT2D eigenvalue weighted by molar-refractivity contribution is -0.130. The van der Waals surface area contributed by atoms with Crippen molar-refractivity contribution in [3.05, 3.63) is 82.4 Å². The maximum Gasteiger partial charge on any atom is 0.356 e. The quantitative estimate of drug-likeness (QED) is 0.339. The number of nitrogens with zero attached hydrogens (tertiary/aromatic N) is 1. The Morgan fingerprint density at radius 2 is 1.74 bits per heavy atom. The predicted molar refractivity (Wildman–Crippen MR) is 136 cm³/mol. The summed E-state index contributed by atoms with van der Waals surface area (Å²) in [5.74, 6) is 0.354. The summed E-state index contributed by atoms with van der Waals surface area (Å²) in [7, 11) is 4.99. The van der Waals surface area contributed by atoms with E-state index in [0.29, 0.717) is 35.7 Å². The van der Waals surface area contributed by atoms with Crippen LogP contribution in [-0.2, 0) is 23.0 Å². The Kier molecular flexibility index (Phi) is 7.41. The van der Waals surface area contributed by atoms with Crippen LogP contribution in [-0.4, -0.2) is 37.2 Å². The largest absolute Gasteiger partial charge is 0.493 e. The molecular weight excluding hydrogens is 464 g/mol. The number of carbonyl (C=O) groups is 2. The van der Waals surface area contributed by atoms with E-state index in [4.69, 9.17) is 14.2 Å². The number of carbonyl (C=O) groups excluding carboxylic acids is 2. The van der Waals surface area contributed by atoms with Crippen LogP contribution in [0.15, 0.2) is 60.0 Å². The summed E-state index contributed by atoms with van der Waals surface area (Å²) in [5.41, 5.74) is 4.00. The van der Waals surface area contributed by atoms with Crippen molar-refractivity contribution < 1.29 is 23.8 Å². The molecule has 0 spiro atoms. The fraction of sp³-hybridized carbons (Fsp3) is 0.259. The summed E-state index contributed by atoms with van der Waals surface area (Å²) in [4.78, 5) is 26.2. The molecule has 7 nitrogen and oxygen atoms in total. The minimum atomic E-state index is -1.07. The first-order chi connectivity index (χ1) is 16.9. The van der Waals surface area contributed by atoms with E-state index in [-0.39, 0.29) is 5.91 Å². The van der Waals surface area contributed by atoms with Gasteiger partial charge < -0.3 is 24.1 Å². The first kappa shape index (κ1) is 24.3. The van der Waals surface area contributed by atoms with E-state index >= 15 is 0 Å². The third-order valence-corrected chi connectivity index (χ3v) is 6.73. The first-order valence-corrected chi connectivity index (χ1v) is 12.1. The third-order valence-electron chi connectivity index (χ3n) is 5.88. The summed E-state index contributed by atoms with van der Waals surface area (Å²) < 4.78 is 19.2. The normalized spacial score (nSPS) is 11.8. The highest BCUT2D eigenvalue weighted by molar-refractivity contribution is 7.17. The molecule has 2 heterocycles. The molecule has 0 aliphatic carbocycles. The number of hydrogen-bond acceptors (Lipinski definition) is 6. The number of hydrogen-bond donors (Lipinski definition) is 1. The molecule has 0 bridgehead atoms. The molecule has 0 fully saturated rings. The predicted octanol–water partition coefficient (Wildman–Crippen LogP) is 4.82. The first-order valence-electron chi connectivity index (χ1n) is 11.2. The maximum atomic E-state index is 13.2. The highest BCUT2D eigenvalue weighted by Gasteiger charge is 2.27. The van der Waals surface area contributed by atoms with Gasteiger partial charge in [-0.15, -0.1) is 11.3 Å². The Bertz CT molecular complexity index is 1340. The van der Waals surface area contributed by atoms with Crippen LogP contribution in [0.25, 0.3) is 10.2 Å². The van der Waals surface area contributed by atoms with E-state index in [2.05, 4.69) is 5.32 Å². The van der Waals surface area contributed by atoms with Gasteiger partial charge in [0.25, 0.3) is 5.91 Å². The van der Waals surface area contributed by atoms with E-state index in [0.717, 1.165) is 21.3 Å². The second-order valence-electron chi connectivity index (χ2n) is 8.19. The zero-order valence-electron chi connectivity index (χ0n) is 20.2. The van der Waals surface area contributed by atoms with E-state index < -0.39 is 12.1 Å². The molecule has 1 amide bonds. The second kappa shape index (κ2) is 10.7. The Balaban J connectivity index is 1.48. The van der Waals surface area contributed by atoms with Gasteiger partial charge in [-0.2, -0.15) is 0 Å². The number of methoxy groups -OCH3 is 2. The average molecular weight is 493 g/mol. The number of fused-ring (bicyclic) bond motifs is 1. The maximum absolute atomic E-state index is 13.2. The van der Waals surface area contributed by atoms with Gasteiger partial charge in [-0.1, -0.05) is 35.9 Å². The van der Waals surface area contributed by atoms with Crippen LogP contribution in [0.2, 0.25) is 0 Å². The van der Waals surface area contributed by atoms with Crippen molar-refractivity contribution in [2.24, 2.45) is 7.05 Å². The van der Waals surface area contributed by atoms with E-state index in [9.17, 15) is 9.59 Å². The summed E-state index contributed by atoms with van der Waals surface area (Å²) in [6, 6.07) is 16.8. The van der Waals surface area contributed by atoms with Gasteiger partial charge in [-0.05, 0) is 48.6 Å². The van der Waals surface area contributed by atoms with E-state index in [1.165, 1.54) is 0 Å². The molecule has 0 radical (unpaired) electrons. The summed E-state index contributed by atoms with van der Waals surface area (Å²) >= 11 is 1.55. The van der Waals surface area contributed by atoms with Gasteiger partial charge >= 0.3 is 5.97 Å². The third kappa shape index (κ3) is 5.33. The van der Waals surface area contributed by atoms with Crippen molar-refractivity contribution in [1.29, 1.82) is 0 Å². The number of aromatic nitrogens is 1. The fourth-order valence-corrected chi connectivity index (χ4v) is 4.74. The molecule has 4 rings (SSSR count). The zero-order chi connectivity index (χ0) is 24.9. The topological polar surface area (TPSA) is 78.8 Å². The van der Waals surface area contributed by atoms with Gasteiger partial charge in [0.1, 0.15) is 5.69 Å². The van der Waals surface area contributed by atoms with Crippen molar-refractivity contribution in [2.45, 2.75) is 19.4 Å². The summed E-state index contributed by atoms with van der Waals surface area (Å²) in [6.45, 7) is 2.33. The Hall–Kier alpha value is -3.78. The molecule has 0 unspecified atom stereocenters. The van der Waals surface area contributed by atoms with Crippen molar-refractivity contribution in [2.75, 3.05) is 20.8 Å². The molecule has 0 aliphatic heterocycles. The highest BCUT2D eigenvalue weighted by atomic mass is 32.1. The lowest BCUT2D eigenvalue weighted by atomic mass is 10.1. The highest BCUT2D eigenvalue weighted by Crippen LogP contribution is 2.28. The molecule has 0 saturated carbocycles. The minimum Gasteiger partial charge on any atom is -0.493 e.